The number of unbranched alkanes of at least 4 members (excludes halogenated alkanes) is 1. The summed E-state index contributed by atoms with van der Waals surface area (Å²) in [6.07, 6.45) is 3.65. The highest BCUT2D eigenvalue weighted by Crippen LogP contribution is 2.12. The van der Waals surface area contributed by atoms with E-state index in [1.807, 2.05) is 24.3 Å². The number of furan rings is 1. The summed E-state index contributed by atoms with van der Waals surface area (Å²) in [4.78, 5) is 16.1. The average Bonchev–Trinajstić information content (AvgIpc) is 3.09. The van der Waals surface area contributed by atoms with Crippen molar-refractivity contribution in [1.29, 1.82) is 0 Å². The molecule has 4 N–H and O–H groups in total. The van der Waals surface area contributed by atoms with Crippen LogP contribution in [0.25, 0.3) is 0 Å². The van der Waals surface area contributed by atoms with Crippen LogP contribution in [0.2, 0.25) is 0 Å². The lowest BCUT2D eigenvalue weighted by Crippen LogP contribution is -2.32. The zero-order valence-corrected chi connectivity index (χ0v) is 15.9. The number of guanidine groups is 1. The van der Waals surface area contributed by atoms with E-state index in [9.17, 15) is 4.79 Å². The summed E-state index contributed by atoms with van der Waals surface area (Å²) in [5.41, 5.74) is 7.50. The van der Waals surface area contributed by atoms with Crippen molar-refractivity contribution in [3.63, 3.8) is 0 Å². The predicted octanol–water partition coefficient (Wildman–Crippen LogP) is 3.35. The van der Waals surface area contributed by atoms with Crippen LogP contribution in [0.1, 0.15) is 35.9 Å². The van der Waals surface area contributed by atoms with Gasteiger partial charge in [-0.15, -0.1) is 24.0 Å². The van der Waals surface area contributed by atoms with Crippen LogP contribution in [0.15, 0.2) is 52.1 Å². The minimum absolute atomic E-state index is 0. The molecule has 0 atom stereocenters. The van der Waals surface area contributed by atoms with Crippen LogP contribution in [-0.2, 0) is 6.54 Å². The normalized spacial score (nSPS) is 10.8. The van der Waals surface area contributed by atoms with Crippen LogP contribution in [0, 0.1) is 0 Å². The first kappa shape index (κ1) is 20.0. The molecular formula is C17H23IN4O2. The van der Waals surface area contributed by atoms with Gasteiger partial charge >= 0.3 is 0 Å². The fraction of sp³-hybridized carbons (Fsp3) is 0.294. The number of aliphatic imine (C=N–C) groups is 1. The third kappa shape index (κ3) is 6.61. The summed E-state index contributed by atoms with van der Waals surface area (Å²) in [6.45, 7) is 3.46. The molecule has 6 nitrogen and oxygen atoms in total. The summed E-state index contributed by atoms with van der Waals surface area (Å²) < 4.78 is 5.05. The highest BCUT2D eigenvalue weighted by atomic mass is 127. The fourth-order valence-corrected chi connectivity index (χ4v) is 1.92. The summed E-state index contributed by atoms with van der Waals surface area (Å²) in [6, 6.07) is 10.8. The number of carbonyl (C=O) groups excluding carboxylic acids is 1. The van der Waals surface area contributed by atoms with Gasteiger partial charge < -0.3 is 20.8 Å². The second kappa shape index (κ2) is 10.7. The summed E-state index contributed by atoms with van der Waals surface area (Å²) in [5, 5.41) is 5.83. The van der Waals surface area contributed by atoms with E-state index in [0.29, 0.717) is 18.2 Å². The maximum absolute atomic E-state index is 11.8. The predicted molar refractivity (Wildman–Crippen MR) is 107 cm³/mol. The monoisotopic (exact) mass is 442 g/mol. The van der Waals surface area contributed by atoms with Crippen molar-refractivity contribution in [3.05, 3.63) is 54.0 Å². The van der Waals surface area contributed by atoms with Crippen LogP contribution in [0.4, 0.5) is 5.69 Å². The van der Waals surface area contributed by atoms with E-state index in [1.54, 1.807) is 12.1 Å². The van der Waals surface area contributed by atoms with Gasteiger partial charge in [0.25, 0.3) is 5.91 Å². The topological polar surface area (TPSA) is 92.6 Å². The van der Waals surface area contributed by atoms with E-state index < -0.39 is 0 Å². The van der Waals surface area contributed by atoms with Gasteiger partial charge in [0.15, 0.2) is 11.7 Å². The lowest BCUT2D eigenvalue weighted by molar-refractivity contribution is 0.0996. The van der Waals surface area contributed by atoms with E-state index >= 15 is 0 Å². The van der Waals surface area contributed by atoms with E-state index in [1.165, 1.54) is 6.26 Å². The molecule has 0 bridgehead atoms. The van der Waals surface area contributed by atoms with Gasteiger partial charge in [0.2, 0.25) is 0 Å². The van der Waals surface area contributed by atoms with E-state index in [4.69, 9.17) is 10.2 Å². The molecular weight excluding hydrogens is 419 g/mol. The average molecular weight is 442 g/mol. The molecule has 1 aromatic carbocycles. The number of rotatable bonds is 7. The van der Waals surface area contributed by atoms with Crippen molar-refractivity contribution < 1.29 is 9.21 Å². The number of amides is 1. The Morgan fingerprint density at radius 3 is 2.62 bits per heavy atom. The minimum Gasteiger partial charge on any atom is -0.459 e. The molecule has 0 unspecified atom stereocenters. The molecule has 1 amide bonds. The zero-order valence-electron chi connectivity index (χ0n) is 13.6. The third-order valence-electron chi connectivity index (χ3n) is 3.23. The Labute approximate surface area is 158 Å². The van der Waals surface area contributed by atoms with Crippen LogP contribution in [-0.4, -0.2) is 18.4 Å². The van der Waals surface area contributed by atoms with Crippen molar-refractivity contribution in [2.45, 2.75) is 26.3 Å². The molecule has 1 heterocycles. The number of hydrogen-bond acceptors (Lipinski definition) is 3. The van der Waals surface area contributed by atoms with Gasteiger partial charge in [-0.2, -0.15) is 0 Å². The molecule has 1 aromatic heterocycles. The van der Waals surface area contributed by atoms with Gasteiger partial charge in [-0.25, -0.2) is 4.99 Å². The summed E-state index contributed by atoms with van der Waals surface area (Å²) in [7, 11) is 0. The standard InChI is InChI=1S/C17H22N4O2.HI/c1-2-3-10-19-17(18)20-12-13-6-8-14(9-7-13)21-16(22)15-5-4-11-23-15;/h4-9,11H,2-3,10,12H2,1H3,(H,21,22)(H3,18,19,20);1H. The molecule has 0 spiro atoms. The largest absolute Gasteiger partial charge is 0.459 e. The van der Waals surface area contributed by atoms with Gasteiger partial charge in [0.05, 0.1) is 12.8 Å². The van der Waals surface area contributed by atoms with Crippen LogP contribution in [0.5, 0.6) is 0 Å². The molecule has 0 fully saturated rings. The van der Waals surface area contributed by atoms with E-state index in [2.05, 4.69) is 22.5 Å². The fourth-order valence-electron chi connectivity index (χ4n) is 1.92. The Kier molecular flexibility index (Phi) is 8.92. The number of nitrogens with two attached hydrogens (primary N) is 1. The number of nitrogens with one attached hydrogen (secondary N) is 2. The van der Waals surface area contributed by atoms with Crippen molar-refractivity contribution in [3.8, 4) is 0 Å². The van der Waals surface area contributed by atoms with Crippen LogP contribution < -0.4 is 16.4 Å². The molecule has 0 saturated carbocycles. The van der Waals surface area contributed by atoms with Gasteiger partial charge in [0.1, 0.15) is 0 Å². The number of halogens is 1. The molecule has 130 valence electrons. The van der Waals surface area contributed by atoms with Crippen LogP contribution in [0.3, 0.4) is 0 Å². The second-order valence-electron chi connectivity index (χ2n) is 5.11. The van der Waals surface area contributed by atoms with Gasteiger partial charge in [-0.3, -0.25) is 4.79 Å². The number of hydrogen-bond donors (Lipinski definition) is 3. The smallest absolute Gasteiger partial charge is 0.291 e. The Morgan fingerprint density at radius 1 is 1.25 bits per heavy atom. The van der Waals surface area contributed by atoms with Crippen LogP contribution >= 0.6 is 24.0 Å². The molecule has 24 heavy (non-hydrogen) atoms. The Morgan fingerprint density at radius 2 is 2.00 bits per heavy atom. The molecule has 2 aromatic rings. The van der Waals surface area contributed by atoms with E-state index in [0.717, 1.165) is 24.9 Å². The highest BCUT2D eigenvalue weighted by molar-refractivity contribution is 14.0. The molecule has 7 heteroatoms. The maximum Gasteiger partial charge on any atom is 0.291 e. The molecule has 0 aliphatic heterocycles. The molecule has 0 aliphatic rings. The van der Waals surface area contributed by atoms with Gasteiger partial charge in [-0.05, 0) is 36.2 Å². The minimum atomic E-state index is -0.273. The molecule has 0 radical (unpaired) electrons. The van der Waals surface area contributed by atoms with Crippen molar-refractivity contribution >= 4 is 41.5 Å². The Bertz CT molecular complexity index is 639. The zero-order chi connectivity index (χ0) is 16.5. The van der Waals surface area contributed by atoms with Crippen molar-refractivity contribution in [1.82, 2.24) is 5.32 Å². The number of anilines is 1. The first-order valence-corrected chi connectivity index (χ1v) is 7.66. The number of benzene rings is 1. The molecule has 0 saturated heterocycles. The third-order valence-corrected chi connectivity index (χ3v) is 3.23. The quantitative estimate of drug-likeness (QED) is 0.265. The Balaban J connectivity index is 0.00000288. The molecule has 0 aliphatic carbocycles. The van der Waals surface area contributed by atoms with Crippen molar-refractivity contribution in [2.24, 2.45) is 10.7 Å². The maximum atomic E-state index is 11.8. The highest BCUT2D eigenvalue weighted by Gasteiger charge is 2.08. The second-order valence-corrected chi connectivity index (χ2v) is 5.11. The number of nitrogens with zero attached hydrogens (tertiary/aromatic N) is 1. The SMILES string of the molecule is CCCCNC(N)=NCc1ccc(NC(=O)c2ccco2)cc1.I. The van der Waals surface area contributed by atoms with Gasteiger partial charge in [0, 0.05) is 12.2 Å². The Hall–Kier alpha value is -2.03. The number of carbonyl (C=O) groups is 1. The summed E-state index contributed by atoms with van der Waals surface area (Å²) >= 11 is 0. The first-order chi connectivity index (χ1) is 11.2. The lowest BCUT2D eigenvalue weighted by atomic mass is 10.2. The first-order valence-electron chi connectivity index (χ1n) is 7.66. The summed E-state index contributed by atoms with van der Waals surface area (Å²) in [5.74, 6) is 0.461. The van der Waals surface area contributed by atoms with Gasteiger partial charge in [-0.1, -0.05) is 25.5 Å². The lowest BCUT2D eigenvalue weighted by Gasteiger charge is -2.06. The van der Waals surface area contributed by atoms with E-state index in [-0.39, 0.29) is 35.6 Å². The van der Waals surface area contributed by atoms with Crippen molar-refractivity contribution in [2.75, 3.05) is 11.9 Å². The molecule has 2 rings (SSSR count).